The van der Waals surface area contributed by atoms with E-state index in [1.54, 1.807) is 12.3 Å². The van der Waals surface area contributed by atoms with Crippen molar-refractivity contribution in [1.29, 1.82) is 0 Å². The zero-order chi connectivity index (χ0) is 21.4. The maximum Gasteiger partial charge on any atom is 0.134 e. The number of halogens is 1. The van der Waals surface area contributed by atoms with E-state index in [4.69, 9.17) is 21.1 Å². The Bertz CT molecular complexity index is 947. The Morgan fingerprint density at radius 3 is 2.67 bits per heavy atom. The van der Waals surface area contributed by atoms with Crippen molar-refractivity contribution in [2.24, 2.45) is 0 Å². The SMILES string of the molecule is OC[C@H]1O[C@@H](c2cc(Cc3ncc(C4=CCCO4)s3)c(Cl)cc2O)[C@H](O)[C@@H](O)[C@@H]1O. The quantitative estimate of drug-likeness (QED) is 0.456. The first kappa shape index (κ1) is 21.5. The number of phenols is 1. The van der Waals surface area contributed by atoms with Crippen molar-refractivity contribution in [3.63, 3.8) is 0 Å². The minimum Gasteiger partial charge on any atom is -0.508 e. The highest BCUT2D eigenvalue weighted by Crippen LogP contribution is 2.39. The van der Waals surface area contributed by atoms with Crippen molar-refractivity contribution in [3.05, 3.63) is 50.4 Å². The van der Waals surface area contributed by atoms with Crippen molar-refractivity contribution < 1.29 is 35.0 Å². The average molecular weight is 456 g/mol. The number of nitrogens with zero attached hydrogens (tertiary/aromatic N) is 1. The third-order valence-corrected chi connectivity index (χ3v) is 6.60. The molecule has 5 atom stereocenters. The Labute approximate surface area is 181 Å². The van der Waals surface area contributed by atoms with Gasteiger partial charge in [0.1, 0.15) is 42.0 Å². The molecule has 0 spiro atoms. The van der Waals surface area contributed by atoms with Crippen LogP contribution in [0.1, 0.15) is 33.5 Å². The van der Waals surface area contributed by atoms with E-state index >= 15 is 0 Å². The highest BCUT2D eigenvalue weighted by atomic mass is 35.5. The summed E-state index contributed by atoms with van der Waals surface area (Å²) < 4.78 is 11.1. The molecule has 0 bridgehead atoms. The van der Waals surface area contributed by atoms with Crippen LogP contribution in [0.3, 0.4) is 0 Å². The number of hydrogen-bond acceptors (Lipinski definition) is 9. The molecule has 162 valence electrons. The Balaban J connectivity index is 1.61. The van der Waals surface area contributed by atoms with Crippen molar-refractivity contribution in [1.82, 2.24) is 4.98 Å². The van der Waals surface area contributed by atoms with Gasteiger partial charge in [0.05, 0.1) is 23.1 Å². The number of aromatic hydroxyl groups is 1. The van der Waals surface area contributed by atoms with Gasteiger partial charge in [0, 0.05) is 29.6 Å². The predicted octanol–water partition coefficient (Wildman–Crippen LogP) is 1.37. The Kier molecular flexibility index (Phi) is 6.31. The van der Waals surface area contributed by atoms with E-state index in [1.807, 2.05) is 6.08 Å². The predicted molar refractivity (Wildman–Crippen MR) is 109 cm³/mol. The van der Waals surface area contributed by atoms with E-state index in [1.165, 1.54) is 17.4 Å². The number of thiazole rings is 1. The lowest BCUT2D eigenvalue weighted by atomic mass is 9.90. The normalized spacial score (nSPS) is 29.0. The second-order valence-electron chi connectivity index (χ2n) is 7.25. The van der Waals surface area contributed by atoms with Gasteiger partial charge in [-0.2, -0.15) is 0 Å². The van der Waals surface area contributed by atoms with Crippen LogP contribution in [-0.2, 0) is 15.9 Å². The van der Waals surface area contributed by atoms with Crippen LogP contribution in [0.4, 0.5) is 0 Å². The molecule has 1 aromatic heterocycles. The lowest BCUT2D eigenvalue weighted by Gasteiger charge is -2.40. The summed E-state index contributed by atoms with van der Waals surface area (Å²) in [6, 6.07) is 2.92. The highest BCUT2D eigenvalue weighted by Gasteiger charge is 2.44. The maximum absolute atomic E-state index is 10.4. The van der Waals surface area contributed by atoms with Gasteiger partial charge < -0.3 is 35.0 Å². The summed E-state index contributed by atoms with van der Waals surface area (Å²) in [5.74, 6) is 0.593. The number of ether oxygens (including phenoxy) is 2. The summed E-state index contributed by atoms with van der Waals surface area (Å²) in [5.41, 5.74) is 0.841. The Morgan fingerprint density at radius 2 is 1.97 bits per heavy atom. The molecule has 0 aliphatic carbocycles. The van der Waals surface area contributed by atoms with E-state index in [0.717, 1.165) is 22.1 Å². The smallest absolute Gasteiger partial charge is 0.134 e. The summed E-state index contributed by atoms with van der Waals surface area (Å²) in [4.78, 5) is 5.34. The summed E-state index contributed by atoms with van der Waals surface area (Å²) in [6.07, 6.45) is -1.74. The first-order valence-corrected chi connectivity index (χ1v) is 10.7. The number of hydrogen-bond donors (Lipinski definition) is 5. The first-order chi connectivity index (χ1) is 14.4. The summed E-state index contributed by atoms with van der Waals surface area (Å²) in [5, 5.41) is 51.3. The Hall–Kier alpha value is -1.72. The van der Waals surface area contributed by atoms with Crippen molar-refractivity contribution in [2.75, 3.05) is 13.2 Å². The van der Waals surface area contributed by atoms with Crippen LogP contribution in [0.25, 0.3) is 5.76 Å². The standard InChI is InChI=1S/C20H22ClNO7S/c21-11-6-12(24)10(20-19(27)18(26)17(25)14(8-23)29-20)4-9(11)5-16-22-7-15(30-16)13-2-1-3-28-13/h2,4,6-7,14,17-20,23-27H,1,3,5,8H2/t14-,17-,18+,19-,20+/m1/s1. The molecule has 0 radical (unpaired) electrons. The molecule has 1 saturated heterocycles. The van der Waals surface area contributed by atoms with Crippen LogP contribution < -0.4 is 0 Å². The molecule has 2 aliphatic heterocycles. The van der Waals surface area contributed by atoms with Crippen LogP contribution in [0.15, 0.2) is 24.4 Å². The molecule has 4 rings (SSSR count). The molecule has 2 aromatic rings. The number of rotatable bonds is 5. The molecular formula is C20H22ClNO7S. The fraction of sp³-hybridized carbons (Fsp3) is 0.450. The number of aromatic nitrogens is 1. The van der Waals surface area contributed by atoms with E-state index in [9.17, 15) is 25.5 Å². The lowest BCUT2D eigenvalue weighted by molar-refractivity contribution is -0.232. The topological polar surface area (TPSA) is 132 Å². The number of benzene rings is 1. The minimum atomic E-state index is -1.54. The van der Waals surface area contributed by atoms with Gasteiger partial charge in [-0.3, -0.25) is 0 Å². The molecule has 0 amide bonds. The fourth-order valence-electron chi connectivity index (χ4n) is 3.61. The third-order valence-electron chi connectivity index (χ3n) is 5.24. The average Bonchev–Trinajstić information content (AvgIpc) is 3.41. The molecule has 1 fully saturated rings. The second kappa shape index (κ2) is 8.80. The van der Waals surface area contributed by atoms with E-state index in [0.29, 0.717) is 23.6 Å². The molecule has 0 saturated carbocycles. The molecule has 0 unspecified atom stereocenters. The zero-order valence-corrected chi connectivity index (χ0v) is 17.4. The molecule has 8 nitrogen and oxygen atoms in total. The van der Waals surface area contributed by atoms with E-state index in [2.05, 4.69) is 4.98 Å². The van der Waals surface area contributed by atoms with E-state index in [-0.39, 0.29) is 11.3 Å². The van der Waals surface area contributed by atoms with Crippen molar-refractivity contribution in [3.8, 4) is 5.75 Å². The monoisotopic (exact) mass is 455 g/mol. The van der Waals surface area contributed by atoms with Gasteiger partial charge in [-0.1, -0.05) is 11.6 Å². The van der Waals surface area contributed by atoms with Gasteiger partial charge in [0.15, 0.2) is 0 Å². The number of aliphatic hydroxyl groups excluding tert-OH is 4. The van der Waals surface area contributed by atoms with Gasteiger partial charge in [0.25, 0.3) is 0 Å². The van der Waals surface area contributed by atoms with Gasteiger partial charge in [-0.25, -0.2) is 4.98 Å². The molecule has 10 heteroatoms. The van der Waals surface area contributed by atoms with Crippen LogP contribution in [0.5, 0.6) is 5.75 Å². The Morgan fingerprint density at radius 1 is 1.17 bits per heavy atom. The molecular weight excluding hydrogens is 434 g/mol. The van der Waals surface area contributed by atoms with E-state index < -0.39 is 37.1 Å². The lowest BCUT2D eigenvalue weighted by Crippen LogP contribution is -2.55. The summed E-state index contributed by atoms with van der Waals surface area (Å²) >= 11 is 7.79. The van der Waals surface area contributed by atoms with Crippen LogP contribution in [0.2, 0.25) is 5.02 Å². The molecule has 30 heavy (non-hydrogen) atoms. The number of phenolic OH excluding ortho intramolecular Hbond substituents is 1. The second-order valence-corrected chi connectivity index (χ2v) is 8.77. The van der Waals surface area contributed by atoms with Gasteiger partial charge in [0.2, 0.25) is 0 Å². The summed E-state index contributed by atoms with van der Waals surface area (Å²) in [6.45, 7) is 0.108. The van der Waals surface area contributed by atoms with Gasteiger partial charge in [-0.05, 0) is 23.8 Å². The van der Waals surface area contributed by atoms with Crippen LogP contribution in [-0.4, -0.2) is 68.1 Å². The largest absolute Gasteiger partial charge is 0.508 e. The molecule has 5 N–H and O–H groups in total. The number of aliphatic hydroxyl groups is 4. The maximum atomic E-state index is 10.4. The first-order valence-electron chi connectivity index (χ1n) is 9.49. The fourth-order valence-corrected chi connectivity index (χ4v) is 4.77. The van der Waals surface area contributed by atoms with Crippen molar-refractivity contribution in [2.45, 2.75) is 43.4 Å². The molecule has 3 heterocycles. The van der Waals surface area contributed by atoms with Gasteiger partial charge >= 0.3 is 0 Å². The molecule has 1 aromatic carbocycles. The molecule has 2 aliphatic rings. The van der Waals surface area contributed by atoms with Crippen molar-refractivity contribution >= 4 is 28.7 Å². The highest BCUT2D eigenvalue weighted by molar-refractivity contribution is 7.12. The third kappa shape index (κ3) is 4.06. The van der Waals surface area contributed by atoms with Crippen LogP contribution in [0, 0.1) is 0 Å². The minimum absolute atomic E-state index is 0.199. The van der Waals surface area contributed by atoms with Gasteiger partial charge in [-0.15, -0.1) is 11.3 Å². The van der Waals surface area contributed by atoms with Crippen LogP contribution >= 0.6 is 22.9 Å². The summed E-state index contributed by atoms with van der Waals surface area (Å²) in [7, 11) is 0. The zero-order valence-electron chi connectivity index (χ0n) is 15.8.